The highest BCUT2D eigenvalue weighted by molar-refractivity contribution is 6.40. The average Bonchev–Trinajstić information content (AvgIpc) is 2.39. The van der Waals surface area contributed by atoms with E-state index in [1.54, 1.807) is 12.1 Å². The van der Waals surface area contributed by atoms with Crippen LogP contribution in [0.5, 0.6) is 0 Å². The Morgan fingerprint density at radius 3 is 2.92 bits per heavy atom. The molecule has 0 unspecified atom stereocenters. The summed E-state index contributed by atoms with van der Waals surface area (Å²) in [5.41, 5.74) is 4.88. The van der Waals surface area contributed by atoms with Crippen LogP contribution in [0.2, 0.25) is 0 Å². The van der Waals surface area contributed by atoms with E-state index in [1.807, 2.05) is 0 Å². The number of nitrogens with two attached hydrogens (primary N) is 1. The fourth-order valence-electron chi connectivity index (χ4n) is 1.17. The number of fused-ring (bicyclic) bond motifs is 1. The van der Waals surface area contributed by atoms with Gasteiger partial charge in [0.1, 0.15) is 10.9 Å². The first-order valence-electron chi connectivity index (χ1n) is 3.58. The molecule has 0 atom stereocenters. The zero-order valence-electron chi connectivity index (χ0n) is 6.52. The second-order valence-electron chi connectivity index (χ2n) is 2.53. The van der Waals surface area contributed by atoms with Gasteiger partial charge in [-0.05, 0) is 12.1 Å². The van der Waals surface area contributed by atoms with E-state index in [9.17, 15) is 9.59 Å². The maximum atomic E-state index is 11.1. The van der Waals surface area contributed by atoms with Crippen LogP contribution in [0.25, 0.3) is 5.57 Å². The van der Waals surface area contributed by atoms with E-state index in [4.69, 9.17) is 5.73 Å². The van der Waals surface area contributed by atoms with Gasteiger partial charge in [-0.2, -0.15) is 0 Å². The summed E-state index contributed by atoms with van der Waals surface area (Å²) in [5, 5.41) is 0.682. The third kappa shape index (κ3) is 1.01. The number of primary amides is 1. The van der Waals surface area contributed by atoms with Crippen molar-refractivity contribution >= 4 is 17.4 Å². The van der Waals surface area contributed by atoms with Crippen LogP contribution >= 0.6 is 0 Å². The summed E-state index contributed by atoms with van der Waals surface area (Å²) in [5.74, 6) is -1.40. The highest BCUT2D eigenvalue weighted by Gasteiger charge is 2.21. The minimum atomic E-state index is -0.786. The Balaban J connectivity index is 2.92. The predicted octanol–water partition coefficient (Wildman–Crippen LogP) is -2.12. The van der Waals surface area contributed by atoms with Crippen molar-refractivity contribution in [2.24, 2.45) is 10.7 Å². The maximum absolute atomic E-state index is 11.1. The topological polar surface area (TPSA) is 85.4 Å². The van der Waals surface area contributed by atoms with E-state index in [0.717, 1.165) is 0 Å². The second-order valence-corrected chi connectivity index (χ2v) is 2.53. The summed E-state index contributed by atoms with van der Waals surface area (Å²) in [6.07, 6.45) is 1.48. The maximum Gasteiger partial charge on any atom is 0.285 e. The van der Waals surface area contributed by atoms with Crippen molar-refractivity contribution in [3.05, 3.63) is 29.0 Å². The molecule has 2 rings (SSSR count). The Hall–Kier alpha value is -2.04. The molecule has 0 fully saturated rings. The van der Waals surface area contributed by atoms with Crippen molar-refractivity contribution in [2.45, 2.75) is 0 Å². The van der Waals surface area contributed by atoms with Gasteiger partial charge in [0.05, 0.1) is 5.36 Å². The van der Waals surface area contributed by atoms with Gasteiger partial charge in [0.25, 0.3) is 11.8 Å². The Kier molecular flexibility index (Phi) is 1.45. The number of nitrogens with zero attached hydrogens (tertiary/aromatic N) is 2. The molecular formula is C8H5N3O2. The van der Waals surface area contributed by atoms with Gasteiger partial charge in [-0.3, -0.25) is 14.6 Å². The molecule has 2 amide bonds. The van der Waals surface area contributed by atoms with Gasteiger partial charge in [-0.1, -0.05) is 0 Å². The van der Waals surface area contributed by atoms with Crippen LogP contribution in [-0.2, 0) is 9.59 Å². The molecule has 0 saturated carbocycles. The molecule has 5 heteroatoms. The number of rotatable bonds is 1. The Morgan fingerprint density at radius 2 is 2.23 bits per heavy atom. The summed E-state index contributed by atoms with van der Waals surface area (Å²) < 4.78 is 0. The molecule has 2 N–H and O–H groups in total. The zero-order chi connectivity index (χ0) is 9.42. The minimum absolute atomic E-state index is 0.129. The number of hydrogen-bond acceptors (Lipinski definition) is 3. The summed E-state index contributed by atoms with van der Waals surface area (Å²) in [7, 11) is 0. The SMILES string of the molecule is NC(=O)C1=c2ncccc2=NC1=O. The standard InChI is InChI=1S/C8H5N3O2/c9-7(12)5-6-4(11-8(5)13)2-1-3-10-6/h1-3H,(H2,9,12). The molecule has 1 aliphatic heterocycles. The predicted molar refractivity (Wildman–Crippen MR) is 42.6 cm³/mol. The zero-order valence-corrected chi connectivity index (χ0v) is 6.52. The number of hydrogen-bond donors (Lipinski definition) is 1. The van der Waals surface area contributed by atoms with E-state index in [2.05, 4.69) is 9.98 Å². The minimum Gasteiger partial charge on any atom is -0.365 e. The number of carbonyl (C=O) groups excluding carboxylic acids is 2. The van der Waals surface area contributed by atoms with Crippen LogP contribution in [0.3, 0.4) is 0 Å². The molecule has 0 saturated heterocycles. The molecule has 0 bridgehead atoms. The second kappa shape index (κ2) is 2.48. The number of aromatic nitrogens is 1. The van der Waals surface area contributed by atoms with Crippen LogP contribution in [0.4, 0.5) is 0 Å². The first kappa shape index (κ1) is 7.60. The van der Waals surface area contributed by atoms with Crippen molar-refractivity contribution in [3.63, 3.8) is 0 Å². The number of amides is 2. The Morgan fingerprint density at radius 1 is 1.46 bits per heavy atom. The van der Waals surface area contributed by atoms with Gasteiger partial charge in [0, 0.05) is 6.20 Å². The molecule has 0 aliphatic carbocycles. The average molecular weight is 175 g/mol. The third-order valence-electron chi connectivity index (χ3n) is 1.71. The van der Waals surface area contributed by atoms with Crippen molar-refractivity contribution in [1.82, 2.24) is 4.98 Å². The molecule has 0 radical (unpaired) electrons. The van der Waals surface area contributed by atoms with E-state index in [-0.39, 0.29) is 10.9 Å². The van der Waals surface area contributed by atoms with Crippen molar-refractivity contribution in [2.75, 3.05) is 0 Å². The molecule has 5 nitrogen and oxygen atoms in total. The summed E-state index contributed by atoms with van der Waals surface area (Å²) in [4.78, 5) is 29.4. The van der Waals surface area contributed by atoms with Crippen LogP contribution in [-0.4, -0.2) is 16.8 Å². The van der Waals surface area contributed by atoms with E-state index in [1.165, 1.54) is 6.20 Å². The van der Waals surface area contributed by atoms with Gasteiger partial charge in [0.15, 0.2) is 0 Å². The smallest absolute Gasteiger partial charge is 0.285 e. The quantitative estimate of drug-likeness (QED) is 0.529. The summed E-state index contributed by atoms with van der Waals surface area (Å²) in [6, 6.07) is 3.25. The molecule has 1 aromatic rings. The molecule has 1 aliphatic rings. The molecule has 0 spiro atoms. The lowest BCUT2D eigenvalue weighted by molar-refractivity contribution is -0.117. The largest absolute Gasteiger partial charge is 0.365 e. The molecule has 64 valence electrons. The lowest BCUT2D eigenvalue weighted by Crippen LogP contribution is -2.30. The normalized spacial score (nSPS) is 13.8. The molecule has 0 aromatic carbocycles. The van der Waals surface area contributed by atoms with Crippen molar-refractivity contribution in [1.29, 1.82) is 0 Å². The van der Waals surface area contributed by atoms with Crippen LogP contribution in [0.1, 0.15) is 0 Å². The monoisotopic (exact) mass is 175 g/mol. The van der Waals surface area contributed by atoms with Gasteiger partial charge in [-0.15, -0.1) is 0 Å². The molecule has 13 heavy (non-hydrogen) atoms. The Labute approximate surface area is 72.6 Å². The third-order valence-corrected chi connectivity index (χ3v) is 1.71. The highest BCUT2D eigenvalue weighted by Crippen LogP contribution is 1.96. The fraction of sp³-hybridized carbons (Fsp3) is 0. The Bertz CT molecular complexity index is 518. The molecular weight excluding hydrogens is 170 g/mol. The van der Waals surface area contributed by atoms with Gasteiger partial charge < -0.3 is 5.73 Å². The summed E-state index contributed by atoms with van der Waals surface area (Å²) in [6.45, 7) is 0. The highest BCUT2D eigenvalue weighted by atomic mass is 16.2. The van der Waals surface area contributed by atoms with Crippen molar-refractivity contribution in [3.8, 4) is 0 Å². The molecule has 1 aromatic heterocycles. The fourth-order valence-corrected chi connectivity index (χ4v) is 1.17. The number of pyridine rings is 1. The van der Waals surface area contributed by atoms with E-state index < -0.39 is 11.8 Å². The van der Waals surface area contributed by atoms with E-state index in [0.29, 0.717) is 5.36 Å². The van der Waals surface area contributed by atoms with E-state index >= 15 is 0 Å². The van der Waals surface area contributed by atoms with Gasteiger partial charge in [-0.25, -0.2) is 4.99 Å². The van der Waals surface area contributed by atoms with Gasteiger partial charge >= 0.3 is 0 Å². The first-order chi connectivity index (χ1) is 6.20. The van der Waals surface area contributed by atoms with Crippen molar-refractivity contribution < 1.29 is 9.59 Å². The first-order valence-corrected chi connectivity index (χ1v) is 3.58. The van der Waals surface area contributed by atoms with Gasteiger partial charge in [0.2, 0.25) is 0 Å². The lowest BCUT2D eigenvalue weighted by atomic mass is 10.2. The van der Waals surface area contributed by atoms with Crippen LogP contribution in [0.15, 0.2) is 23.3 Å². The van der Waals surface area contributed by atoms with Crippen LogP contribution in [0, 0.1) is 0 Å². The lowest BCUT2D eigenvalue weighted by Gasteiger charge is -1.88. The molecule has 2 heterocycles. The van der Waals surface area contributed by atoms with Crippen LogP contribution < -0.4 is 16.4 Å². The number of carbonyl (C=O) groups is 2. The summed E-state index contributed by atoms with van der Waals surface area (Å²) >= 11 is 0.